The number of halogens is 5. The predicted molar refractivity (Wildman–Crippen MR) is 126 cm³/mol. The Hall–Kier alpha value is -3.95. The van der Waals surface area contributed by atoms with Gasteiger partial charge in [-0.3, -0.25) is 9.48 Å². The fourth-order valence-corrected chi connectivity index (χ4v) is 4.47. The van der Waals surface area contributed by atoms with E-state index in [4.69, 9.17) is 22.1 Å². The quantitative estimate of drug-likeness (QED) is 0.363. The number of aromatic nitrogens is 4. The van der Waals surface area contributed by atoms with E-state index in [1.807, 2.05) is 0 Å². The molecule has 0 bridgehead atoms. The molecule has 190 valence electrons. The molecule has 13 heteroatoms. The van der Waals surface area contributed by atoms with Crippen molar-refractivity contribution in [3.63, 3.8) is 0 Å². The zero-order valence-electron chi connectivity index (χ0n) is 19.1. The molecule has 2 aromatic heterocycles. The van der Waals surface area contributed by atoms with E-state index in [9.17, 15) is 23.2 Å². The van der Waals surface area contributed by atoms with Crippen molar-refractivity contribution in [2.75, 3.05) is 0 Å². The minimum Gasteiger partial charge on any atom is -0.476 e. The summed E-state index contributed by atoms with van der Waals surface area (Å²) in [6, 6.07) is 7.40. The van der Waals surface area contributed by atoms with Crippen LogP contribution < -0.4 is 16.0 Å². The lowest BCUT2D eigenvalue weighted by Gasteiger charge is -2.23. The molecule has 2 aromatic carbocycles. The minimum atomic E-state index is -4.68. The number of rotatable bonds is 5. The van der Waals surface area contributed by atoms with E-state index in [0.29, 0.717) is 27.6 Å². The van der Waals surface area contributed by atoms with Crippen molar-refractivity contribution in [1.29, 1.82) is 5.26 Å². The number of aromatic amines is 1. The molecule has 0 unspecified atom stereocenters. The molecule has 0 aliphatic heterocycles. The standard InChI is InChI=1S/C24H17ClF4N6O2/c1-35-21(15(10-32-35)11-2-3-12-13(6-11)17(9-31)33-34-22(12)36)19-14(8-30)18(7-16(25)20(19)26)37-23(4-5-23)24(27,28)29/h2-3,6-7,10H,4-5,9,31H2,1H3,(H,34,36). The molecule has 0 spiro atoms. The number of ether oxygens (including phenoxy) is 1. The minimum absolute atomic E-state index is 0.0276. The summed E-state index contributed by atoms with van der Waals surface area (Å²) in [6.07, 6.45) is -3.87. The van der Waals surface area contributed by atoms with E-state index in [-0.39, 0.29) is 30.6 Å². The highest BCUT2D eigenvalue weighted by atomic mass is 35.5. The van der Waals surface area contributed by atoms with Gasteiger partial charge in [-0.05, 0) is 17.7 Å². The Morgan fingerprint density at radius 3 is 2.65 bits per heavy atom. The van der Waals surface area contributed by atoms with Gasteiger partial charge in [0.25, 0.3) is 5.56 Å². The number of hydrogen-bond acceptors (Lipinski definition) is 6. The molecule has 0 atom stereocenters. The lowest BCUT2D eigenvalue weighted by molar-refractivity contribution is -0.208. The molecule has 37 heavy (non-hydrogen) atoms. The molecule has 1 saturated carbocycles. The van der Waals surface area contributed by atoms with Crippen LogP contribution in [0, 0.1) is 17.1 Å². The third kappa shape index (κ3) is 3.91. The first-order valence-corrected chi connectivity index (χ1v) is 11.3. The molecule has 1 aliphatic rings. The first-order valence-electron chi connectivity index (χ1n) is 10.9. The number of H-pyrrole nitrogens is 1. The third-order valence-electron chi connectivity index (χ3n) is 6.37. The number of hydrogen-bond donors (Lipinski definition) is 2. The van der Waals surface area contributed by atoms with Crippen molar-refractivity contribution in [3.8, 4) is 34.2 Å². The monoisotopic (exact) mass is 532 g/mol. The summed E-state index contributed by atoms with van der Waals surface area (Å²) in [5, 5.41) is 20.7. The van der Waals surface area contributed by atoms with Gasteiger partial charge < -0.3 is 10.5 Å². The summed E-state index contributed by atoms with van der Waals surface area (Å²) in [5.74, 6) is -1.50. The second kappa shape index (κ2) is 8.57. The number of nitrogens with one attached hydrogen (secondary N) is 1. The van der Waals surface area contributed by atoms with Crippen molar-refractivity contribution in [2.24, 2.45) is 12.8 Å². The van der Waals surface area contributed by atoms with Crippen LogP contribution in [0.4, 0.5) is 17.6 Å². The van der Waals surface area contributed by atoms with Crippen molar-refractivity contribution in [1.82, 2.24) is 20.0 Å². The molecule has 3 N–H and O–H groups in total. The van der Waals surface area contributed by atoms with Crippen LogP contribution in [0.3, 0.4) is 0 Å². The maximum Gasteiger partial charge on any atom is 0.428 e. The summed E-state index contributed by atoms with van der Waals surface area (Å²) >= 11 is 6.08. The fraction of sp³-hybridized carbons (Fsp3) is 0.250. The normalized spacial score (nSPS) is 14.5. The zero-order chi connectivity index (χ0) is 26.7. The number of nitrogens with zero attached hydrogens (tertiary/aromatic N) is 4. The predicted octanol–water partition coefficient (Wildman–Crippen LogP) is 4.59. The van der Waals surface area contributed by atoms with Gasteiger partial charge in [0.1, 0.15) is 17.4 Å². The molecule has 0 amide bonds. The largest absolute Gasteiger partial charge is 0.476 e. The highest BCUT2D eigenvalue weighted by Gasteiger charge is 2.66. The summed E-state index contributed by atoms with van der Waals surface area (Å²) in [7, 11) is 1.48. The second-order valence-electron chi connectivity index (χ2n) is 8.62. The molecule has 0 radical (unpaired) electrons. The van der Waals surface area contributed by atoms with Gasteiger partial charge >= 0.3 is 6.18 Å². The third-order valence-corrected chi connectivity index (χ3v) is 6.64. The van der Waals surface area contributed by atoms with Gasteiger partial charge in [0.15, 0.2) is 5.82 Å². The van der Waals surface area contributed by atoms with Gasteiger partial charge in [0, 0.05) is 43.5 Å². The van der Waals surface area contributed by atoms with E-state index >= 15 is 4.39 Å². The Morgan fingerprint density at radius 2 is 2.03 bits per heavy atom. The van der Waals surface area contributed by atoms with E-state index in [1.54, 1.807) is 18.2 Å². The first-order chi connectivity index (χ1) is 17.5. The van der Waals surface area contributed by atoms with E-state index in [2.05, 4.69) is 15.3 Å². The SMILES string of the molecule is Cn1ncc(-c2ccc3c(=O)[nH]nc(CN)c3c2)c1-c1c(F)c(Cl)cc(OC2(C(F)(F)F)CC2)c1C#N. The first kappa shape index (κ1) is 24.7. The molecule has 0 saturated heterocycles. The van der Waals surface area contributed by atoms with Crippen molar-refractivity contribution in [3.05, 3.63) is 62.9 Å². The number of nitriles is 1. The van der Waals surface area contributed by atoms with Crippen molar-refractivity contribution in [2.45, 2.75) is 31.2 Å². The smallest absolute Gasteiger partial charge is 0.428 e. The molecule has 4 aromatic rings. The van der Waals surface area contributed by atoms with Gasteiger partial charge in [-0.25, -0.2) is 9.49 Å². The van der Waals surface area contributed by atoms with Crippen LogP contribution in [-0.4, -0.2) is 31.8 Å². The van der Waals surface area contributed by atoms with Crippen LogP contribution in [0.1, 0.15) is 24.1 Å². The summed E-state index contributed by atoms with van der Waals surface area (Å²) < 4.78 is 62.8. The van der Waals surface area contributed by atoms with Crippen LogP contribution in [0.5, 0.6) is 5.75 Å². The van der Waals surface area contributed by atoms with Gasteiger partial charge in [0.05, 0.1) is 33.6 Å². The van der Waals surface area contributed by atoms with Gasteiger partial charge in [-0.2, -0.15) is 28.6 Å². The van der Waals surface area contributed by atoms with Crippen LogP contribution in [0.25, 0.3) is 33.2 Å². The zero-order valence-corrected chi connectivity index (χ0v) is 19.8. The lowest BCUT2D eigenvalue weighted by Crippen LogP contribution is -2.37. The average molecular weight is 533 g/mol. The maximum atomic E-state index is 15.5. The summed E-state index contributed by atoms with van der Waals surface area (Å²) in [6.45, 7) is 0.0276. The molecule has 1 aliphatic carbocycles. The Morgan fingerprint density at radius 1 is 1.30 bits per heavy atom. The van der Waals surface area contributed by atoms with E-state index < -0.39 is 39.5 Å². The number of aryl methyl sites for hydroxylation is 1. The van der Waals surface area contributed by atoms with Crippen molar-refractivity contribution < 1.29 is 22.3 Å². The number of fused-ring (bicyclic) bond motifs is 1. The van der Waals surface area contributed by atoms with Gasteiger partial charge in [0.2, 0.25) is 5.60 Å². The summed E-state index contributed by atoms with van der Waals surface area (Å²) in [5.41, 5.74) is 3.34. The van der Waals surface area contributed by atoms with Crippen LogP contribution in [-0.2, 0) is 13.6 Å². The van der Waals surface area contributed by atoms with Crippen LogP contribution >= 0.6 is 11.6 Å². The average Bonchev–Trinajstić information content (AvgIpc) is 3.56. The molecule has 2 heterocycles. The van der Waals surface area contributed by atoms with Gasteiger partial charge in [-0.1, -0.05) is 17.7 Å². The van der Waals surface area contributed by atoms with Crippen LogP contribution in [0.2, 0.25) is 5.02 Å². The van der Waals surface area contributed by atoms with E-state index in [0.717, 1.165) is 6.07 Å². The van der Waals surface area contributed by atoms with Crippen LogP contribution in [0.15, 0.2) is 35.3 Å². The Bertz CT molecular complexity index is 1670. The van der Waals surface area contributed by atoms with Gasteiger partial charge in [-0.15, -0.1) is 0 Å². The number of nitrogens with two attached hydrogens (primary N) is 1. The van der Waals surface area contributed by atoms with Crippen molar-refractivity contribution >= 4 is 22.4 Å². The Kier molecular flexibility index (Phi) is 5.73. The molecule has 5 rings (SSSR count). The topological polar surface area (TPSA) is 123 Å². The van der Waals surface area contributed by atoms with E-state index in [1.165, 1.54) is 24.0 Å². The summed E-state index contributed by atoms with van der Waals surface area (Å²) in [4.78, 5) is 12.2. The maximum absolute atomic E-state index is 15.5. The number of benzene rings is 2. The molecular weight excluding hydrogens is 516 g/mol. The Labute approximate surface area is 211 Å². The number of alkyl halides is 3. The molecular formula is C24H17ClF4N6O2. The molecule has 8 nitrogen and oxygen atoms in total. The second-order valence-corrected chi connectivity index (χ2v) is 9.03. The Balaban J connectivity index is 1.74. The lowest BCUT2D eigenvalue weighted by atomic mass is 9.95. The fourth-order valence-electron chi connectivity index (χ4n) is 4.27. The molecule has 1 fully saturated rings. The highest BCUT2D eigenvalue weighted by molar-refractivity contribution is 6.31. The highest BCUT2D eigenvalue weighted by Crippen LogP contribution is 2.53.